The minimum atomic E-state index is -1.10. The van der Waals surface area contributed by atoms with Gasteiger partial charge in [0, 0.05) is 32.3 Å². The molecule has 0 spiro atoms. The maximum Gasteiger partial charge on any atom is 0.410 e. The van der Waals surface area contributed by atoms with Gasteiger partial charge in [-0.25, -0.2) is 9.78 Å². The number of methoxy groups -OCH3 is 1. The molecule has 10 nitrogen and oxygen atoms in total. The summed E-state index contributed by atoms with van der Waals surface area (Å²) >= 11 is 0. The molecule has 2 N–H and O–H groups in total. The summed E-state index contributed by atoms with van der Waals surface area (Å²) < 4.78 is 13.1. The molecule has 2 fully saturated rings. The molecule has 5 rings (SSSR count). The summed E-state index contributed by atoms with van der Waals surface area (Å²) in [5, 5.41) is 23.0. The summed E-state index contributed by atoms with van der Waals surface area (Å²) in [6.45, 7) is 6.40. The Morgan fingerprint density at radius 1 is 1.04 bits per heavy atom. The smallest absolute Gasteiger partial charge is 0.410 e. The molecular formula is C35H46N4O6. The van der Waals surface area contributed by atoms with Gasteiger partial charge < -0.3 is 34.1 Å². The Morgan fingerprint density at radius 2 is 1.73 bits per heavy atom. The molecule has 2 aromatic carbocycles. The van der Waals surface area contributed by atoms with Gasteiger partial charge in [0.15, 0.2) is 5.69 Å². The maximum absolute atomic E-state index is 14.6. The molecule has 2 amide bonds. The van der Waals surface area contributed by atoms with Crippen molar-refractivity contribution in [3.05, 3.63) is 78.2 Å². The van der Waals surface area contributed by atoms with Crippen molar-refractivity contribution >= 4 is 12.0 Å². The van der Waals surface area contributed by atoms with Crippen LogP contribution in [0.3, 0.4) is 0 Å². The zero-order valence-electron chi connectivity index (χ0n) is 26.8. The van der Waals surface area contributed by atoms with E-state index in [1.165, 1.54) is 0 Å². The lowest BCUT2D eigenvalue weighted by Crippen LogP contribution is -2.57. The SMILES string of the molecule is COC[C@]1(O)CCCC[C@H]1n1cnc(C(=O)N2CCN(C(=O)OC(C)(C)C)C[C@H]2C[C@H](O)c2ccccc2)c1-c1ccccc1. The number of amides is 2. The zero-order chi connectivity index (χ0) is 32.2. The number of hydrogen-bond donors (Lipinski definition) is 2. The van der Waals surface area contributed by atoms with Crippen LogP contribution in [0.5, 0.6) is 0 Å². The van der Waals surface area contributed by atoms with Gasteiger partial charge in [0.25, 0.3) is 5.91 Å². The van der Waals surface area contributed by atoms with E-state index < -0.39 is 29.4 Å². The standard InChI is InChI=1S/C35H46N4O6/c1-34(2,3)45-33(42)37-19-20-38(27(22-37)21-28(40)25-13-7-5-8-14-25)32(41)30-31(26-15-9-6-10-16-26)39(24-36-30)29-17-11-12-18-35(29,43)23-44-4/h5-10,13-16,24,27-29,40,43H,11-12,17-23H2,1-4H3/t27-,28+,29-,35-/m1/s1. The zero-order valence-corrected chi connectivity index (χ0v) is 26.8. The highest BCUT2D eigenvalue weighted by Gasteiger charge is 2.43. The molecule has 1 saturated carbocycles. The number of ether oxygens (including phenoxy) is 2. The number of nitrogens with zero attached hydrogens (tertiary/aromatic N) is 4. The van der Waals surface area contributed by atoms with Crippen LogP contribution in [0.2, 0.25) is 0 Å². The highest BCUT2D eigenvalue weighted by Crippen LogP contribution is 2.41. The molecule has 3 aromatic rings. The van der Waals surface area contributed by atoms with Gasteiger partial charge in [0.05, 0.1) is 36.8 Å². The van der Waals surface area contributed by atoms with E-state index in [0.717, 1.165) is 30.4 Å². The number of aliphatic hydroxyl groups excluding tert-OH is 1. The predicted molar refractivity (Wildman–Crippen MR) is 171 cm³/mol. The first-order chi connectivity index (χ1) is 21.5. The third-order valence-electron chi connectivity index (χ3n) is 8.81. The van der Waals surface area contributed by atoms with E-state index in [-0.39, 0.29) is 50.3 Å². The van der Waals surface area contributed by atoms with Crippen LogP contribution in [-0.4, -0.2) is 92.2 Å². The third-order valence-corrected chi connectivity index (χ3v) is 8.81. The second-order valence-corrected chi connectivity index (χ2v) is 13.3. The number of imidazole rings is 1. The van der Waals surface area contributed by atoms with E-state index in [1.54, 1.807) is 23.2 Å². The Hall–Kier alpha value is -3.73. The number of carbonyl (C=O) groups is 2. The van der Waals surface area contributed by atoms with Gasteiger partial charge in [0.2, 0.25) is 0 Å². The molecule has 4 atom stereocenters. The van der Waals surface area contributed by atoms with Crippen LogP contribution in [0.15, 0.2) is 67.0 Å². The Balaban J connectivity index is 1.51. The average Bonchev–Trinajstić information content (AvgIpc) is 3.46. The summed E-state index contributed by atoms with van der Waals surface area (Å²) in [5.74, 6) is -0.284. The summed E-state index contributed by atoms with van der Waals surface area (Å²) in [5.41, 5.74) is 0.708. The minimum Gasteiger partial charge on any atom is -0.444 e. The first-order valence-electron chi connectivity index (χ1n) is 15.9. The van der Waals surface area contributed by atoms with Gasteiger partial charge in [-0.05, 0) is 45.6 Å². The quantitative estimate of drug-likeness (QED) is 0.355. The lowest BCUT2D eigenvalue weighted by Gasteiger charge is -2.42. The molecule has 0 radical (unpaired) electrons. The number of carbonyl (C=O) groups excluding carboxylic acids is 2. The summed E-state index contributed by atoms with van der Waals surface area (Å²) in [7, 11) is 1.59. The van der Waals surface area contributed by atoms with Gasteiger partial charge in [0.1, 0.15) is 11.2 Å². The van der Waals surface area contributed by atoms with Crippen molar-refractivity contribution in [3.8, 4) is 11.3 Å². The first-order valence-corrected chi connectivity index (χ1v) is 15.9. The molecule has 45 heavy (non-hydrogen) atoms. The molecular weight excluding hydrogens is 572 g/mol. The number of aliphatic hydroxyl groups is 2. The maximum atomic E-state index is 14.6. The van der Waals surface area contributed by atoms with E-state index in [0.29, 0.717) is 12.1 Å². The van der Waals surface area contributed by atoms with E-state index in [1.807, 2.05) is 86.0 Å². The van der Waals surface area contributed by atoms with Gasteiger partial charge in [-0.2, -0.15) is 0 Å². The van der Waals surface area contributed by atoms with Gasteiger partial charge in [-0.3, -0.25) is 4.79 Å². The van der Waals surface area contributed by atoms with Crippen molar-refractivity contribution in [2.24, 2.45) is 0 Å². The highest BCUT2D eigenvalue weighted by atomic mass is 16.6. The number of piperazine rings is 1. The van der Waals surface area contributed by atoms with E-state index >= 15 is 0 Å². The van der Waals surface area contributed by atoms with E-state index in [9.17, 15) is 19.8 Å². The average molecular weight is 619 g/mol. The van der Waals surface area contributed by atoms with Gasteiger partial charge in [-0.1, -0.05) is 73.5 Å². The monoisotopic (exact) mass is 618 g/mol. The van der Waals surface area contributed by atoms with Gasteiger partial charge >= 0.3 is 6.09 Å². The fourth-order valence-corrected chi connectivity index (χ4v) is 6.68. The Kier molecular flexibility index (Phi) is 9.96. The number of benzene rings is 2. The Bertz CT molecular complexity index is 1440. The van der Waals surface area contributed by atoms with Crippen molar-refractivity contribution in [1.29, 1.82) is 0 Å². The first kappa shape index (κ1) is 32.7. The number of rotatable bonds is 8. The fourth-order valence-electron chi connectivity index (χ4n) is 6.68. The second-order valence-electron chi connectivity index (χ2n) is 13.3. The lowest BCUT2D eigenvalue weighted by atomic mass is 9.80. The summed E-state index contributed by atoms with van der Waals surface area (Å²) in [6, 6.07) is 18.1. The van der Waals surface area contributed by atoms with Crippen molar-refractivity contribution < 1.29 is 29.3 Å². The van der Waals surface area contributed by atoms with Crippen LogP contribution in [-0.2, 0) is 9.47 Å². The lowest BCUT2D eigenvalue weighted by molar-refractivity contribution is -0.0893. The molecule has 1 saturated heterocycles. The van der Waals surface area contributed by atoms with Crippen LogP contribution >= 0.6 is 0 Å². The van der Waals surface area contributed by atoms with Crippen LogP contribution in [0.1, 0.15) is 81.1 Å². The van der Waals surface area contributed by atoms with Crippen molar-refractivity contribution in [2.75, 3.05) is 33.4 Å². The fraction of sp³-hybridized carbons (Fsp3) is 0.514. The molecule has 1 aliphatic heterocycles. The van der Waals surface area contributed by atoms with E-state index in [2.05, 4.69) is 0 Å². The van der Waals surface area contributed by atoms with E-state index in [4.69, 9.17) is 14.5 Å². The second kappa shape index (κ2) is 13.7. The molecule has 10 heteroatoms. The Labute approximate surface area is 265 Å². The highest BCUT2D eigenvalue weighted by molar-refractivity contribution is 5.98. The predicted octanol–water partition coefficient (Wildman–Crippen LogP) is 5.23. The van der Waals surface area contributed by atoms with Crippen LogP contribution in [0, 0.1) is 0 Å². The molecule has 242 valence electrons. The number of hydrogen-bond acceptors (Lipinski definition) is 7. The normalized spacial score (nSPS) is 23.1. The van der Waals surface area contributed by atoms with Crippen molar-refractivity contribution in [3.63, 3.8) is 0 Å². The number of aromatic nitrogens is 2. The molecule has 0 unspecified atom stereocenters. The van der Waals surface area contributed by atoms with Crippen LogP contribution in [0.4, 0.5) is 4.79 Å². The van der Waals surface area contributed by atoms with Gasteiger partial charge in [-0.15, -0.1) is 0 Å². The third kappa shape index (κ3) is 7.40. The largest absolute Gasteiger partial charge is 0.444 e. The van der Waals surface area contributed by atoms with Crippen molar-refractivity contribution in [2.45, 2.75) is 82.3 Å². The summed E-state index contributed by atoms with van der Waals surface area (Å²) in [6.07, 6.45) is 3.75. The minimum absolute atomic E-state index is 0.180. The topological polar surface area (TPSA) is 117 Å². The molecule has 1 aromatic heterocycles. The van der Waals surface area contributed by atoms with Crippen molar-refractivity contribution in [1.82, 2.24) is 19.4 Å². The summed E-state index contributed by atoms with van der Waals surface area (Å²) in [4.78, 5) is 35.7. The molecule has 1 aliphatic carbocycles. The Morgan fingerprint density at radius 3 is 2.40 bits per heavy atom. The van der Waals surface area contributed by atoms with Crippen LogP contribution in [0.25, 0.3) is 11.3 Å². The molecule has 0 bridgehead atoms. The van der Waals surface area contributed by atoms with Crippen LogP contribution < -0.4 is 0 Å². The molecule has 2 heterocycles. The molecule has 2 aliphatic rings.